The Labute approximate surface area is 134 Å². The number of hydrogen-bond donors (Lipinski definition) is 1. The van der Waals surface area contributed by atoms with Crippen LogP contribution in [0.1, 0.15) is 52.9 Å². The average Bonchev–Trinajstić information content (AvgIpc) is 2.95. The van der Waals surface area contributed by atoms with E-state index in [4.69, 9.17) is 9.47 Å². The summed E-state index contributed by atoms with van der Waals surface area (Å²) >= 11 is 2.05. The highest BCUT2D eigenvalue weighted by atomic mass is 32.2. The monoisotopic (exact) mass is 315 g/mol. The highest BCUT2D eigenvalue weighted by molar-refractivity contribution is 7.99. The van der Waals surface area contributed by atoms with Crippen LogP contribution in [-0.2, 0) is 9.47 Å². The molecule has 2 fully saturated rings. The molecule has 0 bridgehead atoms. The first-order chi connectivity index (χ1) is 10.1. The molecule has 124 valence electrons. The Morgan fingerprint density at radius 1 is 1.48 bits per heavy atom. The van der Waals surface area contributed by atoms with Gasteiger partial charge in [0.1, 0.15) is 0 Å². The minimum atomic E-state index is -0.0793. The lowest BCUT2D eigenvalue weighted by Gasteiger charge is -2.46. The summed E-state index contributed by atoms with van der Waals surface area (Å²) < 4.78 is 12.1. The molecule has 2 heterocycles. The van der Waals surface area contributed by atoms with E-state index in [0.29, 0.717) is 12.0 Å². The second-order valence-electron chi connectivity index (χ2n) is 6.89. The summed E-state index contributed by atoms with van der Waals surface area (Å²) in [6, 6.07) is 0.429. The number of ether oxygens (including phenoxy) is 2. The van der Waals surface area contributed by atoms with Crippen molar-refractivity contribution in [2.24, 2.45) is 5.92 Å². The molecule has 2 aliphatic rings. The van der Waals surface area contributed by atoms with E-state index in [-0.39, 0.29) is 11.2 Å². The van der Waals surface area contributed by atoms with Crippen LogP contribution in [0.5, 0.6) is 0 Å². The summed E-state index contributed by atoms with van der Waals surface area (Å²) in [5.74, 6) is 3.10. The molecular formula is C17H33NO2S. The first-order valence-electron chi connectivity index (χ1n) is 8.59. The van der Waals surface area contributed by atoms with Gasteiger partial charge in [0.25, 0.3) is 0 Å². The van der Waals surface area contributed by atoms with Gasteiger partial charge in [0.2, 0.25) is 0 Å². The van der Waals surface area contributed by atoms with Crippen molar-refractivity contribution in [3.63, 3.8) is 0 Å². The Balaban J connectivity index is 2.11. The van der Waals surface area contributed by atoms with E-state index in [9.17, 15) is 0 Å². The molecule has 0 aromatic heterocycles. The normalized spacial score (nSPS) is 34.0. The van der Waals surface area contributed by atoms with Crippen LogP contribution in [0.25, 0.3) is 0 Å². The van der Waals surface area contributed by atoms with Gasteiger partial charge in [-0.25, -0.2) is 0 Å². The van der Waals surface area contributed by atoms with E-state index >= 15 is 0 Å². The van der Waals surface area contributed by atoms with Crippen molar-refractivity contribution in [2.45, 2.75) is 70.1 Å². The summed E-state index contributed by atoms with van der Waals surface area (Å²) in [5, 5.41) is 3.80. The van der Waals surface area contributed by atoms with Crippen molar-refractivity contribution in [3.8, 4) is 0 Å². The Kier molecular flexibility index (Phi) is 6.42. The minimum Gasteiger partial charge on any atom is -0.377 e. The highest BCUT2D eigenvalue weighted by Gasteiger charge is 2.46. The van der Waals surface area contributed by atoms with Gasteiger partial charge in [-0.15, -0.1) is 0 Å². The summed E-state index contributed by atoms with van der Waals surface area (Å²) in [6.07, 6.45) is 5.80. The second-order valence-corrected chi connectivity index (χ2v) is 7.99. The molecule has 0 aliphatic carbocycles. The quantitative estimate of drug-likeness (QED) is 0.779. The van der Waals surface area contributed by atoms with Crippen LogP contribution in [-0.4, -0.2) is 49.0 Å². The third kappa shape index (κ3) is 3.95. The molecule has 2 saturated heterocycles. The maximum Gasteiger partial charge on any atom is 0.0803 e. The zero-order chi connectivity index (χ0) is 15.3. The zero-order valence-electron chi connectivity index (χ0n) is 14.2. The Morgan fingerprint density at radius 3 is 2.86 bits per heavy atom. The highest BCUT2D eigenvalue weighted by Crippen LogP contribution is 2.43. The molecule has 0 amide bonds. The van der Waals surface area contributed by atoms with Crippen LogP contribution in [0.4, 0.5) is 0 Å². The standard InChI is InChI=1S/C17H33NO2S/c1-5-9-18-15(16(3,6-2)19-4)14-7-10-20-17(12-14)8-11-21-13-17/h14-15,18H,5-13H2,1-4H3. The number of rotatable bonds is 7. The van der Waals surface area contributed by atoms with Crippen LogP contribution in [0.2, 0.25) is 0 Å². The first kappa shape index (κ1) is 17.6. The lowest BCUT2D eigenvalue weighted by molar-refractivity contribution is -0.113. The topological polar surface area (TPSA) is 30.5 Å². The smallest absolute Gasteiger partial charge is 0.0803 e. The van der Waals surface area contributed by atoms with Crippen molar-refractivity contribution < 1.29 is 9.47 Å². The van der Waals surface area contributed by atoms with Gasteiger partial charge in [0, 0.05) is 25.5 Å². The minimum absolute atomic E-state index is 0.0793. The van der Waals surface area contributed by atoms with Crippen LogP contribution >= 0.6 is 11.8 Å². The van der Waals surface area contributed by atoms with Crippen LogP contribution in [0, 0.1) is 5.92 Å². The predicted octanol–water partition coefficient (Wildman–Crippen LogP) is 3.47. The SMILES string of the molecule is CCCNC(C1CCOC2(CCSC2)C1)C(C)(CC)OC. The van der Waals surface area contributed by atoms with Gasteiger partial charge in [0.15, 0.2) is 0 Å². The molecule has 21 heavy (non-hydrogen) atoms. The molecule has 0 radical (unpaired) electrons. The molecule has 4 heteroatoms. The number of methoxy groups -OCH3 is 1. The van der Waals surface area contributed by atoms with Gasteiger partial charge in [0.05, 0.1) is 11.2 Å². The average molecular weight is 316 g/mol. The number of hydrogen-bond acceptors (Lipinski definition) is 4. The second kappa shape index (κ2) is 7.67. The number of nitrogens with one attached hydrogen (secondary N) is 1. The number of thioether (sulfide) groups is 1. The maximum atomic E-state index is 6.20. The molecule has 4 atom stereocenters. The van der Waals surface area contributed by atoms with Gasteiger partial charge < -0.3 is 14.8 Å². The molecule has 0 aromatic rings. The van der Waals surface area contributed by atoms with E-state index < -0.39 is 0 Å². The predicted molar refractivity (Wildman–Crippen MR) is 91.1 cm³/mol. The Hall–Kier alpha value is 0.230. The lowest BCUT2D eigenvalue weighted by atomic mass is 9.74. The van der Waals surface area contributed by atoms with Crippen molar-refractivity contribution in [3.05, 3.63) is 0 Å². The van der Waals surface area contributed by atoms with E-state index in [1.165, 1.54) is 30.8 Å². The first-order valence-corrected chi connectivity index (χ1v) is 9.75. The van der Waals surface area contributed by atoms with Crippen LogP contribution in [0.15, 0.2) is 0 Å². The molecule has 0 aromatic carbocycles. The zero-order valence-corrected chi connectivity index (χ0v) is 15.1. The van der Waals surface area contributed by atoms with E-state index in [2.05, 4.69) is 37.8 Å². The fourth-order valence-electron chi connectivity index (χ4n) is 3.89. The van der Waals surface area contributed by atoms with Crippen molar-refractivity contribution in [1.29, 1.82) is 0 Å². The molecular weight excluding hydrogens is 282 g/mol. The van der Waals surface area contributed by atoms with Gasteiger partial charge >= 0.3 is 0 Å². The van der Waals surface area contributed by atoms with Crippen LogP contribution < -0.4 is 5.32 Å². The summed E-state index contributed by atoms with van der Waals surface area (Å²) in [5.41, 5.74) is 0.0756. The summed E-state index contributed by atoms with van der Waals surface area (Å²) in [6.45, 7) is 8.73. The summed E-state index contributed by atoms with van der Waals surface area (Å²) in [4.78, 5) is 0. The van der Waals surface area contributed by atoms with Crippen molar-refractivity contribution in [2.75, 3.05) is 31.8 Å². The molecule has 3 nitrogen and oxygen atoms in total. The molecule has 0 saturated carbocycles. The lowest BCUT2D eigenvalue weighted by Crippen LogP contribution is -2.57. The Bertz CT molecular complexity index is 314. The van der Waals surface area contributed by atoms with Gasteiger partial charge in [-0.1, -0.05) is 13.8 Å². The fourth-order valence-corrected chi connectivity index (χ4v) is 5.26. The molecule has 4 unspecified atom stereocenters. The summed E-state index contributed by atoms with van der Waals surface area (Å²) in [7, 11) is 1.87. The van der Waals surface area contributed by atoms with Gasteiger partial charge in [-0.2, -0.15) is 11.8 Å². The van der Waals surface area contributed by atoms with Crippen molar-refractivity contribution in [1.82, 2.24) is 5.32 Å². The molecule has 1 N–H and O–H groups in total. The van der Waals surface area contributed by atoms with E-state index in [1.807, 2.05) is 7.11 Å². The van der Waals surface area contributed by atoms with Crippen molar-refractivity contribution >= 4 is 11.8 Å². The third-order valence-electron chi connectivity index (χ3n) is 5.51. The molecule has 2 aliphatic heterocycles. The van der Waals surface area contributed by atoms with Gasteiger partial charge in [-0.05, 0) is 57.2 Å². The van der Waals surface area contributed by atoms with Gasteiger partial charge in [-0.3, -0.25) is 0 Å². The van der Waals surface area contributed by atoms with E-state index in [0.717, 1.165) is 26.0 Å². The third-order valence-corrected chi connectivity index (χ3v) is 6.73. The molecule has 1 spiro atoms. The largest absolute Gasteiger partial charge is 0.377 e. The van der Waals surface area contributed by atoms with Crippen LogP contribution in [0.3, 0.4) is 0 Å². The maximum absolute atomic E-state index is 6.20. The Morgan fingerprint density at radius 2 is 2.29 bits per heavy atom. The molecule has 2 rings (SSSR count). The fraction of sp³-hybridized carbons (Fsp3) is 1.00. The van der Waals surface area contributed by atoms with E-state index in [1.54, 1.807) is 0 Å².